The predicted molar refractivity (Wildman–Crippen MR) is 135 cm³/mol. The van der Waals surface area contributed by atoms with Crippen molar-refractivity contribution in [1.82, 2.24) is 4.98 Å². The van der Waals surface area contributed by atoms with Crippen LogP contribution in [0.1, 0.15) is 17.2 Å². The van der Waals surface area contributed by atoms with Crippen molar-refractivity contribution in [2.24, 2.45) is 5.16 Å². The SMILES string of the molecule is O=S(=O)(c1c[nH]cc1-c1ccc(Cl)cc1)C1C(c2ccc(Cl)cc2)=NOC1c1ccc(Cl)cc1. The number of hydrogen-bond acceptors (Lipinski definition) is 4. The maximum absolute atomic E-state index is 14.2. The molecule has 5 nitrogen and oxygen atoms in total. The first-order chi connectivity index (χ1) is 16.3. The molecule has 0 saturated carbocycles. The van der Waals surface area contributed by atoms with Crippen molar-refractivity contribution in [3.05, 3.63) is 111 Å². The van der Waals surface area contributed by atoms with E-state index in [1.165, 1.54) is 6.20 Å². The van der Waals surface area contributed by atoms with Crippen LogP contribution in [0.2, 0.25) is 15.1 Å². The van der Waals surface area contributed by atoms with Crippen LogP contribution in [0.25, 0.3) is 11.1 Å². The molecule has 0 amide bonds. The van der Waals surface area contributed by atoms with Crippen molar-refractivity contribution in [3.8, 4) is 11.1 Å². The number of nitrogens with one attached hydrogen (secondary N) is 1. The van der Waals surface area contributed by atoms with Gasteiger partial charge in [-0.05, 0) is 47.5 Å². The Balaban J connectivity index is 1.64. The number of hydrogen-bond donors (Lipinski definition) is 1. The Labute approximate surface area is 211 Å². The van der Waals surface area contributed by atoms with Gasteiger partial charge in [0.2, 0.25) is 0 Å². The Morgan fingerprint density at radius 3 is 1.85 bits per heavy atom. The second-order valence-corrected chi connectivity index (χ2v) is 11.1. The Bertz CT molecular complexity index is 1460. The highest BCUT2D eigenvalue weighted by Gasteiger charge is 2.47. The molecule has 0 aliphatic carbocycles. The summed E-state index contributed by atoms with van der Waals surface area (Å²) in [4.78, 5) is 8.82. The second-order valence-electron chi connectivity index (χ2n) is 7.77. The van der Waals surface area contributed by atoms with Crippen molar-refractivity contribution >= 4 is 50.4 Å². The van der Waals surface area contributed by atoms with Crippen LogP contribution in [-0.2, 0) is 14.7 Å². The van der Waals surface area contributed by atoms with Gasteiger partial charge in [0.1, 0.15) is 5.71 Å². The highest BCUT2D eigenvalue weighted by molar-refractivity contribution is 7.93. The third kappa shape index (κ3) is 4.23. The summed E-state index contributed by atoms with van der Waals surface area (Å²) in [5.74, 6) is 0. The Morgan fingerprint density at radius 1 is 0.735 bits per heavy atom. The highest BCUT2D eigenvalue weighted by Crippen LogP contribution is 2.40. The van der Waals surface area contributed by atoms with Gasteiger partial charge >= 0.3 is 0 Å². The van der Waals surface area contributed by atoms with E-state index in [1.807, 2.05) is 0 Å². The topological polar surface area (TPSA) is 71.5 Å². The first-order valence-electron chi connectivity index (χ1n) is 10.3. The number of benzene rings is 3. The largest absolute Gasteiger partial charge is 0.385 e. The van der Waals surface area contributed by atoms with E-state index in [0.717, 1.165) is 5.56 Å². The lowest BCUT2D eigenvalue weighted by Crippen LogP contribution is -2.33. The Hall–Kier alpha value is -2.77. The van der Waals surface area contributed by atoms with Crippen LogP contribution < -0.4 is 0 Å². The third-order valence-electron chi connectivity index (χ3n) is 5.65. The van der Waals surface area contributed by atoms with Gasteiger partial charge in [0, 0.05) is 38.6 Å². The molecule has 5 rings (SSSR count). The monoisotopic (exact) mass is 530 g/mol. The van der Waals surface area contributed by atoms with E-state index in [9.17, 15) is 8.42 Å². The van der Waals surface area contributed by atoms with Gasteiger partial charge in [0.25, 0.3) is 0 Å². The summed E-state index contributed by atoms with van der Waals surface area (Å²) in [5.41, 5.74) is 2.82. The number of halogens is 3. The van der Waals surface area contributed by atoms with Crippen molar-refractivity contribution in [1.29, 1.82) is 0 Å². The van der Waals surface area contributed by atoms with Gasteiger partial charge in [-0.15, -0.1) is 0 Å². The molecular weight excluding hydrogens is 515 g/mol. The summed E-state index contributed by atoms with van der Waals surface area (Å²) in [7, 11) is -3.99. The molecule has 172 valence electrons. The van der Waals surface area contributed by atoms with Crippen molar-refractivity contribution < 1.29 is 13.3 Å². The van der Waals surface area contributed by atoms with Crippen LogP contribution in [0.5, 0.6) is 0 Å². The molecule has 3 aromatic carbocycles. The average molecular weight is 532 g/mol. The molecule has 0 radical (unpaired) electrons. The maximum Gasteiger partial charge on any atom is 0.193 e. The quantitative estimate of drug-likeness (QED) is 0.302. The fourth-order valence-electron chi connectivity index (χ4n) is 3.98. The van der Waals surface area contributed by atoms with Crippen LogP contribution in [0.3, 0.4) is 0 Å². The van der Waals surface area contributed by atoms with Gasteiger partial charge in [0.05, 0.1) is 4.90 Å². The van der Waals surface area contributed by atoms with Crippen LogP contribution in [-0.4, -0.2) is 24.4 Å². The molecule has 4 aromatic rings. The molecule has 0 bridgehead atoms. The van der Waals surface area contributed by atoms with E-state index in [1.54, 1.807) is 79.0 Å². The molecule has 1 N–H and O–H groups in total. The predicted octanol–water partition coefficient (Wildman–Crippen LogP) is 6.96. The van der Waals surface area contributed by atoms with Crippen LogP contribution in [0.4, 0.5) is 0 Å². The fraction of sp³-hybridized carbons (Fsp3) is 0.0800. The number of sulfone groups is 1. The maximum atomic E-state index is 14.2. The molecule has 2 unspecified atom stereocenters. The molecule has 9 heteroatoms. The van der Waals surface area contributed by atoms with Crippen LogP contribution in [0, 0.1) is 0 Å². The summed E-state index contributed by atoms with van der Waals surface area (Å²) in [6.07, 6.45) is 2.28. The van der Waals surface area contributed by atoms with Gasteiger partial charge in [-0.3, -0.25) is 0 Å². The van der Waals surface area contributed by atoms with E-state index in [-0.39, 0.29) is 4.90 Å². The summed E-state index contributed by atoms with van der Waals surface area (Å²) < 4.78 is 28.4. The first-order valence-corrected chi connectivity index (χ1v) is 12.9. The number of aromatic amines is 1. The summed E-state index contributed by atoms with van der Waals surface area (Å²) in [5, 5.41) is 4.76. The van der Waals surface area contributed by atoms with Gasteiger partial charge < -0.3 is 9.82 Å². The Kier molecular flexibility index (Phi) is 6.16. The van der Waals surface area contributed by atoms with Gasteiger partial charge in [-0.25, -0.2) is 8.42 Å². The molecule has 2 atom stereocenters. The minimum Gasteiger partial charge on any atom is -0.385 e. The summed E-state index contributed by atoms with van der Waals surface area (Å²) in [6.45, 7) is 0. The third-order valence-corrected chi connectivity index (χ3v) is 8.50. The molecular formula is C25H17Cl3N2O3S. The Morgan fingerprint density at radius 2 is 1.26 bits per heavy atom. The van der Waals surface area contributed by atoms with E-state index in [4.69, 9.17) is 39.6 Å². The average Bonchev–Trinajstić information content (AvgIpc) is 3.49. The molecule has 1 aliphatic rings. The summed E-state index contributed by atoms with van der Waals surface area (Å²) in [6, 6.07) is 20.7. The molecule has 0 spiro atoms. The van der Waals surface area contributed by atoms with Crippen LogP contribution in [0.15, 0.2) is 95.2 Å². The summed E-state index contributed by atoms with van der Waals surface area (Å²) >= 11 is 18.1. The molecule has 1 aliphatic heterocycles. The number of rotatable bonds is 5. The first kappa shape index (κ1) is 23.0. The standard InChI is InChI=1S/C25H17Cl3N2O3S/c26-18-7-1-15(2-8-18)21-13-29-14-22(21)34(31,32)25-23(16-3-9-19(27)10-4-16)30-33-24(25)17-5-11-20(28)12-6-17/h1-14,24-25,29H. The number of nitrogens with zero attached hydrogens (tertiary/aromatic N) is 1. The minimum absolute atomic E-state index is 0.144. The van der Waals surface area contributed by atoms with E-state index in [2.05, 4.69) is 10.1 Å². The van der Waals surface area contributed by atoms with Gasteiger partial charge in [-0.1, -0.05) is 76.4 Å². The normalized spacial score (nSPS) is 17.9. The molecule has 0 saturated heterocycles. The molecule has 34 heavy (non-hydrogen) atoms. The molecule has 1 aromatic heterocycles. The highest BCUT2D eigenvalue weighted by atomic mass is 35.5. The van der Waals surface area contributed by atoms with Gasteiger partial charge in [0.15, 0.2) is 21.2 Å². The lowest BCUT2D eigenvalue weighted by molar-refractivity contribution is 0.0871. The van der Waals surface area contributed by atoms with Crippen molar-refractivity contribution in [3.63, 3.8) is 0 Å². The lowest BCUT2D eigenvalue weighted by atomic mass is 10.00. The zero-order chi connectivity index (χ0) is 23.9. The van der Waals surface area contributed by atoms with Crippen molar-refractivity contribution in [2.75, 3.05) is 0 Å². The van der Waals surface area contributed by atoms with Crippen molar-refractivity contribution in [2.45, 2.75) is 16.2 Å². The number of oxime groups is 1. The van der Waals surface area contributed by atoms with Crippen LogP contribution >= 0.6 is 34.8 Å². The van der Waals surface area contributed by atoms with E-state index < -0.39 is 21.2 Å². The number of H-pyrrole nitrogens is 1. The lowest BCUT2D eigenvalue weighted by Gasteiger charge is -2.20. The molecule has 0 fully saturated rings. The van der Waals surface area contributed by atoms with E-state index >= 15 is 0 Å². The fourth-order valence-corrected chi connectivity index (χ4v) is 6.35. The minimum atomic E-state index is -3.99. The zero-order valence-electron chi connectivity index (χ0n) is 17.5. The smallest absolute Gasteiger partial charge is 0.193 e. The van der Waals surface area contributed by atoms with Gasteiger partial charge in [-0.2, -0.15) is 0 Å². The zero-order valence-corrected chi connectivity index (χ0v) is 20.5. The van der Waals surface area contributed by atoms with E-state index in [0.29, 0.717) is 37.5 Å². The second kappa shape index (κ2) is 9.12. The molecule has 2 heterocycles. The number of aromatic nitrogens is 1.